The minimum Gasteiger partial charge on any atom is -0.389 e. The van der Waals surface area contributed by atoms with Gasteiger partial charge in [0, 0.05) is 46.2 Å². The highest BCUT2D eigenvalue weighted by atomic mass is 16.6. The molecule has 2 saturated heterocycles. The lowest BCUT2D eigenvalue weighted by Gasteiger charge is -2.50. The van der Waals surface area contributed by atoms with E-state index in [1.807, 2.05) is 0 Å². The molecule has 2 aliphatic heterocycles. The molecule has 0 radical (unpaired) electrons. The SMILES string of the molecule is Cc1nonc1CC(=O)N1CC[C@@]2(O)CCN(C(=O)N(C)C)C[C@H]2C1. The lowest BCUT2D eigenvalue weighted by atomic mass is 9.75. The van der Waals surface area contributed by atoms with Crippen molar-refractivity contribution in [3.8, 4) is 0 Å². The lowest BCUT2D eigenvalue weighted by molar-refractivity contribution is -0.144. The molecule has 0 bridgehead atoms. The zero-order valence-electron chi connectivity index (χ0n) is 14.9. The summed E-state index contributed by atoms with van der Waals surface area (Å²) in [4.78, 5) is 29.8. The number of hydrogen-bond donors (Lipinski definition) is 1. The average Bonchev–Trinajstić information content (AvgIpc) is 2.97. The molecule has 0 aromatic carbocycles. The van der Waals surface area contributed by atoms with Crippen LogP contribution < -0.4 is 0 Å². The summed E-state index contributed by atoms with van der Waals surface area (Å²) in [5.74, 6) is -0.198. The maximum atomic E-state index is 12.6. The number of carbonyl (C=O) groups excluding carboxylic acids is 2. The zero-order chi connectivity index (χ0) is 18.2. The van der Waals surface area contributed by atoms with Crippen LogP contribution in [0.3, 0.4) is 0 Å². The lowest BCUT2D eigenvalue weighted by Crippen LogP contribution is -2.62. The molecule has 1 aromatic rings. The third-order valence-electron chi connectivity index (χ3n) is 5.34. The van der Waals surface area contributed by atoms with Gasteiger partial charge in [-0.1, -0.05) is 10.3 Å². The van der Waals surface area contributed by atoms with Crippen LogP contribution in [0, 0.1) is 12.8 Å². The van der Waals surface area contributed by atoms with Crippen molar-refractivity contribution in [2.75, 3.05) is 40.3 Å². The second-order valence-corrected chi connectivity index (χ2v) is 7.24. The predicted octanol–water partition coefficient (Wildman–Crippen LogP) is -0.113. The van der Waals surface area contributed by atoms with Gasteiger partial charge in [-0.3, -0.25) is 4.79 Å². The number of aryl methyl sites for hydroxylation is 1. The van der Waals surface area contributed by atoms with E-state index < -0.39 is 5.60 Å². The van der Waals surface area contributed by atoms with E-state index in [1.54, 1.807) is 30.8 Å². The molecule has 3 amide bonds. The van der Waals surface area contributed by atoms with Crippen LogP contribution in [0.1, 0.15) is 24.2 Å². The molecule has 25 heavy (non-hydrogen) atoms. The highest BCUT2D eigenvalue weighted by Gasteiger charge is 2.46. The van der Waals surface area contributed by atoms with Crippen LogP contribution >= 0.6 is 0 Å². The Balaban J connectivity index is 1.66. The highest BCUT2D eigenvalue weighted by Crippen LogP contribution is 2.35. The molecule has 0 saturated carbocycles. The Kier molecular flexibility index (Phi) is 4.68. The molecular formula is C16H25N5O4. The van der Waals surface area contributed by atoms with E-state index in [2.05, 4.69) is 14.9 Å². The number of fused-ring (bicyclic) bond motifs is 1. The van der Waals surface area contributed by atoms with Gasteiger partial charge in [0.2, 0.25) is 5.91 Å². The monoisotopic (exact) mass is 351 g/mol. The molecule has 1 N–H and O–H groups in total. The first kappa shape index (κ1) is 17.7. The molecule has 2 atom stereocenters. The summed E-state index contributed by atoms with van der Waals surface area (Å²) < 4.78 is 4.64. The maximum absolute atomic E-state index is 12.6. The molecule has 0 spiro atoms. The third-order valence-corrected chi connectivity index (χ3v) is 5.34. The normalized spacial score (nSPS) is 26.3. The Morgan fingerprint density at radius 1 is 1.24 bits per heavy atom. The number of aromatic nitrogens is 2. The fourth-order valence-electron chi connectivity index (χ4n) is 3.65. The van der Waals surface area contributed by atoms with Crippen LogP contribution in [0.15, 0.2) is 4.63 Å². The largest absolute Gasteiger partial charge is 0.389 e. The van der Waals surface area contributed by atoms with Crippen molar-refractivity contribution in [3.05, 3.63) is 11.4 Å². The van der Waals surface area contributed by atoms with Gasteiger partial charge >= 0.3 is 6.03 Å². The van der Waals surface area contributed by atoms with Gasteiger partial charge in [-0.25, -0.2) is 9.42 Å². The highest BCUT2D eigenvalue weighted by molar-refractivity contribution is 5.78. The molecule has 0 unspecified atom stereocenters. The molecule has 0 aliphatic carbocycles. The number of likely N-dealkylation sites (tertiary alicyclic amines) is 2. The molecule has 3 heterocycles. The van der Waals surface area contributed by atoms with Gasteiger partial charge in [-0.2, -0.15) is 0 Å². The second-order valence-electron chi connectivity index (χ2n) is 7.24. The van der Waals surface area contributed by atoms with Crippen LogP contribution in [-0.2, 0) is 11.2 Å². The maximum Gasteiger partial charge on any atom is 0.319 e. The quantitative estimate of drug-likeness (QED) is 0.797. The Bertz CT molecular complexity index is 661. The van der Waals surface area contributed by atoms with E-state index in [1.165, 1.54) is 4.90 Å². The van der Waals surface area contributed by atoms with Crippen molar-refractivity contribution < 1.29 is 19.3 Å². The van der Waals surface area contributed by atoms with Crippen molar-refractivity contribution in [2.45, 2.75) is 31.8 Å². The van der Waals surface area contributed by atoms with E-state index in [-0.39, 0.29) is 24.3 Å². The third kappa shape index (κ3) is 3.46. The Morgan fingerprint density at radius 2 is 1.88 bits per heavy atom. The van der Waals surface area contributed by atoms with Gasteiger partial charge in [-0.15, -0.1) is 0 Å². The zero-order valence-corrected chi connectivity index (χ0v) is 14.9. The number of piperidine rings is 2. The van der Waals surface area contributed by atoms with Crippen LogP contribution in [-0.4, -0.2) is 87.9 Å². The molecule has 2 fully saturated rings. The smallest absolute Gasteiger partial charge is 0.319 e. The van der Waals surface area contributed by atoms with Crippen molar-refractivity contribution >= 4 is 11.9 Å². The standard InChI is InChI=1S/C16H25N5O4/c1-11-13(18-25-17-11)8-14(22)20-6-4-16(24)5-7-21(10-12(16)9-20)15(23)19(2)3/h12,24H,4-10H2,1-3H3/t12-,16-/m1/s1. The Morgan fingerprint density at radius 3 is 2.48 bits per heavy atom. The van der Waals surface area contributed by atoms with E-state index in [9.17, 15) is 14.7 Å². The molecular weight excluding hydrogens is 326 g/mol. The van der Waals surface area contributed by atoms with Gasteiger partial charge < -0.3 is 19.8 Å². The number of carbonyl (C=O) groups is 2. The van der Waals surface area contributed by atoms with E-state index in [0.29, 0.717) is 50.4 Å². The number of urea groups is 1. The van der Waals surface area contributed by atoms with Crippen molar-refractivity contribution in [2.24, 2.45) is 5.92 Å². The van der Waals surface area contributed by atoms with Gasteiger partial charge in [0.15, 0.2) is 0 Å². The number of nitrogens with zero attached hydrogens (tertiary/aromatic N) is 5. The number of amides is 3. The second kappa shape index (κ2) is 6.62. The van der Waals surface area contributed by atoms with Crippen LogP contribution in [0.25, 0.3) is 0 Å². The Labute approximate surface area is 146 Å². The van der Waals surface area contributed by atoms with Gasteiger partial charge in [-0.05, 0) is 19.8 Å². The van der Waals surface area contributed by atoms with Gasteiger partial charge in [0.05, 0.1) is 12.0 Å². The molecule has 1 aromatic heterocycles. The van der Waals surface area contributed by atoms with Crippen molar-refractivity contribution in [1.29, 1.82) is 0 Å². The summed E-state index contributed by atoms with van der Waals surface area (Å²) in [5, 5.41) is 18.4. The fourth-order valence-corrected chi connectivity index (χ4v) is 3.65. The fraction of sp³-hybridized carbons (Fsp3) is 0.750. The molecule has 138 valence electrons. The summed E-state index contributed by atoms with van der Waals surface area (Å²) in [6.45, 7) is 3.71. The minimum absolute atomic E-state index is 0.0584. The number of aliphatic hydroxyl groups is 1. The average molecular weight is 351 g/mol. The van der Waals surface area contributed by atoms with Crippen molar-refractivity contribution in [1.82, 2.24) is 25.0 Å². The summed E-state index contributed by atoms with van der Waals surface area (Å²) >= 11 is 0. The van der Waals surface area contributed by atoms with Crippen LogP contribution in [0.4, 0.5) is 4.79 Å². The molecule has 9 heteroatoms. The van der Waals surface area contributed by atoms with E-state index >= 15 is 0 Å². The Hall–Kier alpha value is -2.16. The number of hydrogen-bond acceptors (Lipinski definition) is 6. The first-order valence-electron chi connectivity index (χ1n) is 8.54. The van der Waals surface area contributed by atoms with E-state index in [4.69, 9.17) is 0 Å². The topological polar surface area (TPSA) is 103 Å². The molecule has 2 aliphatic rings. The summed E-state index contributed by atoms with van der Waals surface area (Å²) in [7, 11) is 3.43. The summed E-state index contributed by atoms with van der Waals surface area (Å²) in [5.41, 5.74) is 0.354. The van der Waals surface area contributed by atoms with Gasteiger partial charge in [0.1, 0.15) is 11.4 Å². The predicted molar refractivity (Wildman–Crippen MR) is 87.6 cm³/mol. The van der Waals surface area contributed by atoms with Gasteiger partial charge in [0.25, 0.3) is 0 Å². The molecule has 3 rings (SSSR count). The summed E-state index contributed by atoms with van der Waals surface area (Å²) in [6, 6.07) is -0.0604. The minimum atomic E-state index is -0.800. The number of rotatable bonds is 2. The first-order chi connectivity index (χ1) is 11.8. The van der Waals surface area contributed by atoms with E-state index in [0.717, 1.165) is 0 Å². The van der Waals surface area contributed by atoms with Crippen molar-refractivity contribution in [3.63, 3.8) is 0 Å². The van der Waals surface area contributed by atoms with Crippen LogP contribution in [0.2, 0.25) is 0 Å². The van der Waals surface area contributed by atoms with Crippen LogP contribution in [0.5, 0.6) is 0 Å². The summed E-state index contributed by atoms with van der Waals surface area (Å²) in [6.07, 6.45) is 1.22. The molecule has 9 nitrogen and oxygen atoms in total. The first-order valence-corrected chi connectivity index (χ1v) is 8.54.